The van der Waals surface area contributed by atoms with E-state index >= 15 is 0 Å². The Morgan fingerprint density at radius 2 is 1.30 bits per heavy atom. The standard InChI is InChI=1S/C19H28N2O4S2/c22-26(23,20-16-4-2-1-3-5-16)17-8-10-18(11-9-17)27(24,25)21-19-13-14-6-7-15(19)12-14/h8-11,14-16,19-21H,1-7,12-13H2/t14-,15-,19+/m0/s1. The molecular weight excluding hydrogens is 384 g/mol. The summed E-state index contributed by atoms with van der Waals surface area (Å²) in [7, 11) is -7.24. The van der Waals surface area contributed by atoms with Gasteiger partial charge in [-0.3, -0.25) is 0 Å². The second-order valence-electron chi connectivity index (χ2n) is 8.33. The van der Waals surface area contributed by atoms with Crippen molar-refractivity contribution in [3.8, 4) is 0 Å². The molecule has 3 aliphatic carbocycles. The number of fused-ring (bicyclic) bond motifs is 2. The SMILES string of the molecule is O=S(=O)(NC1CCCCC1)c1ccc(S(=O)(=O)N[C@@H]2C[C@H]3CC[C@H]2C3)cc1. The second-order valence-corrected chi connectivity index (χ2v) is 11.8. The molecule has 3 aliphatic rings. The van der Waals surface area contributed by atoms with Crippen LogP contribution in [0.15, 0.2) is 34.1 Å². The molecule has 3 saturated carbocycles. The van der Waals surface area contributed by atoms with Gasteiger partial charge in [0.2, 0.25) is 20.0 Å². The average Bonchev–Trinajstić information content (AvgIpc) is 3.25. The van der Waals surface area contributed by atoms with Crippen LogP contribution >= 0.6 is 0 Å². The van der Waals surface area contributed by atoms with Crippen LogP contribution in [0.4, 0.5) is 0 Å². The summed E-state index contributed by atoms with van der Waals surface area (Å²) in [5.41, 5.74) is 0. The Morgan fingerprint density at radius 3 is 1.81 bits per heavy atom. The molecule has 0 radical (unpaired) electrons. The van der Waals surface area contributed by atoms with Crippen LogP contribution in [0.25, 0.3) is 0 Å². The van der Waals surface area contributed by atoms with Crippen LogP contribution < -0.4 is 9.44 Å². The van der Waals surface area contributed by atoms with E-state index in [9.17, 15) is 16.8 Å². The highest BCUT2D eigenvalue weighted by Gasteiger charge is 2.41. The van der Waals surface area contributed by atoms with E-state index in [1.54, 1.807) is 0 Å². The molecule has 0 unspecified atom stereocenters. The van der Waals surface area contributed by atoms with Crippen LogP contribution in [0, 0.1) is 11.8 Å². The fraction of sp³-hybridized carbons (Fsp3) is 0.684. The first-order valence-corrected chi connectivity index (χ1v) is 12.9. The topological polar surface area (TPSA) is 92.3 Å². The maximum atomic E-state index is 12.7. The van der Waals surface area contributed by atoms with Gasteiger partial charge in [-0.05, 0) is 68.2 Å². The van der Waals surface area contributed by atoms with Crippen LogP contribution in [-0.4, -0.2) is 28.9 Å². The number of sulfonamides is 2. The monoisotopic (exact) mass is 412 g/mol. The van der Waals surface area contributed by atoms with Gasteiger partial charge in [-0.25, -0.2) is 26.3 Å². The van der Waals surface area contributed by atoms with Gasteiger partial charge in [0.25, 0.3) is 0 Å². The Labute approximate surface area is 162 Å². The normalized spacial score (nSPS) is 29.3. The van der Waals surface area contributed by atoms with Crippen molar-refractivity contribution in [1.29, 1.82) is 0 Å². The Kier molecular flexibility index (Phi) is 5.35. The summed E-state index contributed by atoms with van der Waals surface area (Å²) in [4.78, 5) is 0.244. The third-order valence-electron chi connectivity index (χ3n) is 6.42. The van der Waals surface area contributed by atoms with Crippen LogP contribution in [0.3, 0.4) is 0 Å². The quantitative estimate of drug-likeness (QED) is 0.751. The minimum absolute atomic E-state index is 0.0186. The third kappa shape index (κ3) is 4.23. The van der Waals surface area contributed by atoms with Crippen molar-refractivity contribution in [2.75, 3.05) is 0 Å². The van der Waals surface area contributed by atoms with E-state index in [-0.39, 0.29) is 21.9 Å². The van der Waals surface area contributed by atoms with E-state index in [4.69, 9.17) is 0 Å². The molecule has 0 heterocycles. The van der Waals surface area contributed by atoms with Crippen molar-refractivity contribution in [3.05, 3.63) is 24.3 Å². The first-order valence-electron chi connectivity index (χ1n) is 9.98. The van der Waals surface area contributed by atoms with Gasteiger partial charge in [0.1, 0.15) is 0 Å². The van der Waals surface area contributed by atoms with E-state index in [1.807, 2.05) is 0 Å². The lowest BCUT2D eigenvalue weighted by Crippen LogP contribution is -2.38. The number of hydrogen-bond donors (Lipinski definition) is 2. The van der Waals surface area contributed by atoms with Gasteiger partial charge >= 0.3 is 0 Å². The van der Waals surface area contributed by atoms with Gasteiger partial charge in [-0.1, -0.05) is 25.7 Å². The van der Waals surface area contributed by atoms with Crippen molar-refractivity contribution >= 4 is 20.0 Å². The van der Waals surface area contributed by atoms with Gasteiger partial charge < -0.3 is 0 Å². The van der Waals surface area contributed by atoms with E-state index in [0.717, 1.165) is 51.4 Å². The van der Waals surface area contributed by atoms with E-state index < -0.39 is 20.0 Å². The van der Waals surface area contributed by atoms with Gasteiger partial charge in [0, 0.05) is 12.1 Å². The van der Waals surface area contributed by atoms with E-state index in [1.165, 1.54) is 30.7 Å². The van der Waals surface area contributed by atoms with Crippen LogP contribution in [-0.2, 0) is 20.0 Å². The molecule has 0 aromatic heterocycles. The number of benzene rings is 1. The Balaban J connectivity index is 1.44. The zero-order chi connectivity index (χ0) is 19.1. The van der Waals surface area contributed by atoms with Gasteiger partial charge in [-0.15, -0.1) is 0 Å². The summed E-state index contributed by atoms with van der Waals surface area (Å²) >= 11 is 0. The summed E-state index contributed by atoms with van der Waals surface area (Å²) < 4.78 is 56.0. The molecule has 6 nitrogen and oxygen atoms in total. The molecular formula is C19H28N2O4S2. The molecule has 0 spiro atoms. The molecule has 0 saturated heterocycles. The molecule has 3 atom stereocenters. The van der Waals surface area contributed by atoms with Gasteiger partial charge in [-0.2, -0.15) is 0 Å². The predicted octanol–water partition coefficient (Wildman–Crippen LogP) is 2.76. The highest BCUT2D eigenvalue weighted by Crippen LogP contribution is 2.44. The van der Waals surface area contributed by atoms with Crippen molar-refractivity contribution < 1.29 is 16.8 Å². The highest BCUT2D eigenvalue weighted by molar-refractivity contribution is 7.90. The third-order valence-corrected chi connectivity index (χ3v) is 9.46. The maximum absolute atomic E-state index is 12.7. The summed E-state index contributed by atoms with van der Waals surface area (Å²) in [6.45, 7) is 0. The lowest BCUT2D eigenvalue weighted by molar-refractivity contribution is 0.390. The van der Waals surface area contributed by atoms with Crippen LogP contribution in [0.2, 0.25) is 0 Å². The van der Waals surface area contributed by atoms with E-state index in [0.29, 0.717) is 11.8 Å². The molecule has 1 aromatic carbocycles. The van der Waals surface area contributed by atoms with Crippen LogP contribution in [0.5, 0.6) is 0 Å². The van der Waals surface area contributed by atoms with Gasteiger partial charge in [0.15, 0.2) is 0 Å². The zero-order valence-corrected chi connectivity index (χ0v) is 17.1. The fourth-order valence-corrected chi connectivity index (χ4v) is 7.58. The van der Waals surface area contributed by atoms with Gasteiger partial charge in [0.05, 0.1) is 9.79 Å². The number of hydrogen-bond acceptors (Lipinski definition) is 4. The minimum Gasteiger partial charge on any atom is -0.208 e. The average molecular weight is 413 g/mol. The van der Waals surface area contributed by atoms with Crippen molar-refractivity contribution in [3.63, 3.8) is 0 Å². The first kappa shape index (κ1) is 19.4. The maximum Gasteiger partial charge on any atom is 0.240 e. The molecule has 0 aliphatic heterocycles. The van der Waals surface area contributed by atoms with Crippen molar-refractivity contribution in [2.45, 2.75) is 79.7 Å². The summed E-state index contributed by atoms with van der Waals surface area (Å²) in [6, 6.07) is 5.56. The molecule has 0 amide bonds. The molecule has 2 bridgehead atoms. The van der Waals surface area contributed by atoms with Crippen molar-refractivity contribution in [1.82, 2.24) is 9.44 Å². The highest BCUT2D eigenvalue weighted by atomic mass is 32.2. The molecule has 1 aromatic rings. The van der Waals surface area contributed by atoms with Crippen molar-refractivity contribution in [2.24, 2.45) is 11.8 Å². The molecule has 8 heteroatoms. The Hall–Kier alpha value is -0.960. The predicted molar refractivity (Wildman–Crippen MR) is 103 cm³/mol. The molecule has 2 N–H and O–H groups in total. The summed E-state index contributed by atoms with van der Waals surface area (Å²) in [5, 5.41) is 0. The molecule has 150 valence electrons. The summed E-state index contributed by atoms with van der Waals surface area (Å²) in [6.07, 6.45) is 9.31. The lowest BCUT2D eigenvalue weighted by Gasteiger charge is -2.23. The molecule has 4 rings (SSSR count). The van der Waals surface area contributed by atoms with Crippen LogP contribution in [0.1, 0.15) is 57.8 Å². The Bertz CT molecular complexity index is 875. The minimum atomic E-state index is -3.62. The zero-order valence-electron chi connectivity index (χ0n) is 15.4. The molecule has 27 heavy (non-hydrogen) atoms. The number of nitrogens with one attached hydrogen (secondary N) is 2. The first-order chi connectivity index (χ1) is 12.8. The lowest BCUT2D eigenvalue weighted by atomic mass is 9.96. The second kappa shape index (κ2) is 7.46. The number of rotatable bonds is 6. The largest absolute Gasteiger partial charge is 0.240 e. The summed E-state index contributed by atoms with van der Waals surface area (Å²) in [5.74, 6) is 1.10. The van der Waals surface area contributed by atoms with E-state index in [2.05, 4.69) is 9.44 Å². The smallest absolute Gasteiger partial charge is 0.208 e. The fourth-order valence-electron chi connectivity index (χ4n) is 4.96. The Morgan fingerprint density at radius 1 is 0.704 bits per heavy atom. The molecule has 3 fully saturated rings.